The summed E-state index contributed by atoms with van der Waals surface area (Å²) in [5.41, 5.74) is 3.08. The van der Waals surface area contributed by atoms with Crippen LogP contribution in [0.5, 0.6) is 0 Å². The number of carbonyl (C=O) groups excluding carboxylic acids is 2. The second-order valence-electron chi connectivity index (χ2n) is 6.00. The van der Waals surface area contributed by atoms with Crippen molar-refractivity contribution < 1.29 is 9.59 Å². The first-order chi connectivity index (χ1) is 14.5. The Morgan fingerprint density at radius 3 is 1.40 bits per heavy atom. The largest absolute Gasteiger partial charge is 0.315 e. The molecule has 0 aliphatic rings. The Hall–Kier alpha value is -2.78. The predicted molar refractivity (Wildman–Crippen MR) is 122 cm³/mol. The molecular weight excluding hydrogens is 463 g/mol. The minimum absolute atomic E-state index is 0.320. The van der Waals surface area contributed by atoms with Gasteiger partial charge < -0.3 is 0 Å². The van der Waals surface area contributed by atoms with Gasteiger partial charge in [-0.15, -0.1) is 22.7 Å². The molecule has 0 saturated heterocycles. The highest BCUT2D eigenvalue weighted by Crippen LogP contribution is 2.27. The average molecular weight is 475 g/mol. The van der Waals surface area contributed by atoms with E-state index < -0.39 is 11.8 Å². The molecule has 0 radical (unpaired) electrons. The number of amides is 2. The molecule has 30 heavy (non-hydrogen) atoms. The van der Waals surface area contributed by atoms with Gasteiger partial charge in [-0.25, -0.2) is 9.97 Å². The molecule has 0 unspecified atom stereocenters. The van der Waals surface area contributed by atoms with Crippen LogP contribution < -0.4 is 10.6 Å². The Balaban J connectivity index is 1.38. The van der Waals surface area contributed by atoms with Crippen molar-refractivity contribution in [3.8, 4) is 22.5 Å². The van der Waals surface area contributed by atoms with E-state index in [9.17, 15) is 9.59 Å². The van der Waals surface area contributed by atoms with Gasteiger partial charge in [0.25, 0.3) is 0 Å². The lowest BCUT2D eigenvalue weighted by molar-refractivity contribution is -0.132. The molecule has 4 rings (SSSR count). The van der Waals surface area contributed by atoms with Gasteiger partial charge in [0.2, 0.25) is 0 Å². The quantitative estimate of drug-likeness (QED) is 0.365. The van der Waals surface area contributed by atoms with Crippen molar-refractivity contribution in [2.24, 2.45) is 0 Å². The summed E-state index contributed by atoms with van der Waals surface area (Å²) in [6.45, 7) is 0. The highest BCUT2D eigenvalue weighted by Gasteiger charge is 2.18. The molecule has 2 aromatic carbocycles. The monoisotopic (exact) mass is 474 g/mol. The second-order valence-corrected chi connectivity index (χ2v) is 8.59. The molecular formula is C20H12Cl2N4O2S2. The summed E-state index contributed by atoms with van der Waals surface area (Å²) in [5, 5.41) is 10.5. The van der Waals surface area contributed by atoms with E-state index in [1.54, 1.807) is 35.0 Å². The van der Waals surface area contributed by atoms with Crippen LogP contribution in [0.1, 0.15) is 0 Å². The number of nitrogens with zero attached hydrogens (tertiary/aromatic N) is 2. The predicted octanol–water partition coefficient (Wildman–Crippen LogP) is 5.82. The van der Waals surface area contributed by atoms with Crippen molar-refractivity contribution in [3.05, 3.63) is 69.3 Å². The van der Waals surface area contributed by atoms with Crippen LogP contribution >= 0.6 is 45.9 Å². The Kier molecular flexibility index (Phi) is 6.10. The molecule has 0 saturated carbocycles. The lowest BCUT2D eigenvalue weighted by Crippen LogP contribution is -2.28. The average Bonchev–Trinajstić information content (AvgIpc) is 3.39. The first kappa shape index (κ1) is 20.5. The number of thiazole rings is 2. The number of halogens is 2. The standard InChI is InChI=1S/C20H12Cl2N4O2S2/c21-13-5-1-11(2-6-13)15-9-29-19(23-15)25-17(27)18(28)26-20-24-16(10-30-20)12-3-7-14(22)8-4-12/h1-10H,(H,23,25,27)(H,24,26,28). The molecule has 2 aromatic heterocycles. The van der Waals surface area contributed by atoms with Crippen LogP contribution in [-0.4, -0.2) is 21.8 Å². The zero-order chi connectivity index (χ0) is 21.1. The van der Waals surface area contributed by atoms with Crippen LogP contribution in [0.2, 0.25) is 10.0 Å². The fourth-order valence-electron chi connectivity index (χ4n) is 2.48. The SMILES string of the molecule is O=C(Nc1nc(-c2ccc(Cl)cc2)cs1)C(=O)Nc1nc(-c2ccc(Cl)cc2)cs1. The first-order valence-corrected chi connectivity index (χ1v) is 11.0. The van der Waals surface area contributed by atoms with Gasteiger partial charge in [0, 0.05) is 31.9 Å². The molecule has 150 valence electrons. The fourth-order valence-corrected chi connectivity index (χ4v) is 4.16. The van der Waals surface area contributed by atoms with Crippen LogP contribution in [0.15, 0.2) is 59.3 Å². The van der Waals surface area contributed by atoms with Gasteiger partial charge in [-0.3, -0.25) is 20.2 Å². The number of rotatable bonds is 4. The van der Waals surface area contributed by atoms with Gasteiger partial charge in [-0.2, -0.15) is 0 Å². The Labute approximate surface area is 189 Å². The van der Waals surface area contributed by atoms with E-state index in [1.807, 2.05) is 24.3 Å². The van der Waals surface area contributed by atoms with E-state index >= 15 is 0 Å². The molecule has 10 heteroatoms. The number of nitrogens with one attached hydrogen (secondary N) is 2. The smallest absolute Gasteiger partial charge is 0.294 e. The Morgan fingerprint density at radius 1 is 0.667 bits per heavy atom. The Bertz CT molecular complexity index is 1110. The van der Waals surface area contributed by atoms with Crippen molar-refractivity contribution in [1.82, 2.24) is 9.97 Å². The molecule has 2 amide bonds. The third kappa shape index (κ3) is 4.85. The van der Waals surface area contributed by atoms with Gasteiger partial charge in [-0.05, 0) is 24.3 Å². The van der Waals surface area contributed by atoms with Crippen LogP contribution in [-0.2, 0) is 9.59 Å². The minimum atomic E-state index is -0.824. The molecule has 6 nitrogen and oxygen atoms in total. The third-order valence-electron chi connectivity index (χ3n) is 3.94. The van der Waals surface area contributed by atoms with Gasteiger partial charge >= 0.3 is 11.8 Å². The van der Waals surface area contributed by atoms with E-state index in [2.05, 4.69) is 20.6 Å². The van der Waals surface area contributed by atoms with Crippen molar-refractivity contribution in [2.75, 3.05) is 10.6 Å². The number of hydrogen-bond donors (Lipinski definition) is 2. The van der Waals surface area contributed by atoms with Gasteiger partial charge in [0.05, 0.1) is 11.4 Å². The molecule has 2 heterocycles. The Morgan fingerprint density at radius 2 is 1.03 bits per heavy atom. The number of hydrogen-bond acceptors (Lipinski definition) is 6. The maximum Gasteiger partial charge on any atom is 0.315 e. The third-order valence-corrected chi connectivity index (χ3v) is 5.95. The molecule has 0 aliphatic carbocycles. The normalized spacial score (nSPS) is 10.6. The summed E-state index contributed by atoms with van der Waals surface area (Å²) < 4.78 is 0. The van der Waals surface area contributed by atoms with Crippen molar-refractivity contribution in [1.29, 1.82) is 0 Å². The fraction of sp³-hybridized carbons (Fsp3) is 0. The maximum absolute atomic E-state index is 12.2. The van der Waals surface area contributed by atoms with E-state index in [0.29, 0.717) is 31.7 Å². The van der Waals surface area contributed by atoms with E-state index in [0.717, 1.165) is 11.1 Å². The summed E-state index contributed by atoms with van der Waals surface area (Å²) in [4.78, 5) is 33.1. The van der Waals surface area contributed by atoms with Crippen LogP contribution in [0.25, 0.3) is 22.5 Å². The summed E-state index contributed by atoms with van der Waals surface area (Å²) in [6.07, 6.45) is 0. The molecule has 0 spiro atoms. The van der Waals surface area contributed by atoms with Crippen molar-refractivity contribution in [2.45, 2.75) is 0 Å². The highest BCUT2D eigenvalue weighted by molar-refractivity contribution is 7.14. The highest BCUT2D eigenvalue weighted by atomic mass is 35.5. The minimum Gasteiger partial charge on any atom is -0.294 e. The van der Waals surface area contributed by atoms with Crippen molar-refractivity contribution in [3.63, 3.8) is 0 Å². The lowest BCUT2D eigenvalue weighted by atomic mass is 10.2. The topological polar surface area (TPSA) is 84.0 Å². The van der Waals surface area contributed by atoms with Crippen LogP contribution in [0, 0.1) is 0 Å². The molecule has 2 N–H and O–H groups in total. The van der Waals surface area contributed by atoms with Gasteiger partial charge in [0.15, 0.2) is 10.3 Å². The number of carbonyl (C=O) groups is 2. The van der Waals surface area contributed by atoms with E-state index in [1.165, 1.54) is 22.7 Å². The van der Waals surface area contributed by atoms with Crippen LogP contribution in [0.4, 0.5) is 10.3 Å². The molecule has 0 atom stereocenters. The molecule has 4 aromatic rings. The lowest BCUT2D eigenvalue weighted by Gasteiger charge is -2.02. The van der Waals surface area contributed by atoms with Crippen LogP contribution in [0.3, 0.4) is 0 Å². The maximum atomic E-state index is 12.2. The van der Waals surface area contributed by atoms with Gasteiger partial charge in [0.1, 0.15) is 0 Å². The van der Waals surface area contributed by atoms with Crippen molar-refractivity contribution >= 4 is 68.0 Å². The number of aromatic nitrogens is 2. The molecule has 0 bridgehead atoms. The summed E-state index contributed by atoms with van der Waals surface area (Å²) in [5.74, 6) is -1.65. The zero-order valence-electron chi connectivity index (χ0n) is 15.1. The number of benzene rings is 2. The summed E-state index contributed by atoms with van der Waals surface area (Å²) in [6, 6.07) is 14.4. The van der Waals surface area contributed by atoms with E-state index in [4.69, 9.17) is 23.2 Å². The zero-order valence-corrected chi connectivity index (χ0v) is 18.2. The number of anilines is 2. The van der Waals surface area contributed by atoms with E-state index in [-0.39, 0.29) is 0 Å². The first-order valence-electron chi connectivity index (χ1n) is 8.53. The second kappa shape index (κ2) is 8.93. The summed E-state index contributed by atoms with van der Waals surface area (Å²) in [7, 11) is 0. The molecule has 0 aliphatic heterocycles. The summed E-state index contributed by atoms with van der Waals surface area (Å²) >= 11 is 14.2. The molecule has 0 fully saturated rings. The van der Waals surface area contributed by atoms with Gasteiger partial charge in [-0.1, -0.05) is 47.5 Å².